The molecule has 0 aromatic heterocycles. The van der Waals surface area contributed by atoms with E-state index in [1.165, 1.54) is 7.11 Å². The van der Waals surface area contributed by atoms with Gasteiger partial charge in [0.25, 0.3) is 0 Å². The zero-order valence-corrected chi connectivity index (χ0v) is 10.5. The SMILES string of the molecule is C=C1CC(COc2ccc(C(=O)OC)cc2)OC1=O. The van der Waals surface area contributed by atoms with Crippen molar-refractivity contribution in [3.8, 4) is 5.75 Å². The van der Waals surface area contributed by atoms with Gasteiger partial charge in [-0.1, -0.05) is 6.58 Å². The first-order valence-electron chi connectivity index (χ1n) is 5.80. The Morgan fingerprint density at radius 3 is 2.63 bits per heavy atom. The molecule has 100 valence electrons. The fourth-order valence-corrected chi connectivity index (χ4v) is 1.72. The van der Waals surface area contributed by atoms with E-state index in [0.29, 0.717) is 23.3 Å². The zero-order chi connectivity index (χ0) is 13.8. The van der Waals surface area contributed by atoms with Crippen molar-refractivity contribution in [2.45, 2.75) is 12.5 Å². The molecule has 5 heteroatoms. The lowest BCUT2D eigenvalue weighted by Gasteiger charge is -2.11. The van der Waals surface area contributed by atoms with Gasteiger partial charge in [-0.05, 0) is 24.3 Å². The second kappa shape index (κ2) is 5.56. The molecular formula is C14H14O5. The highest BCUT2D eigenvalue weighted by Gasteiger charge is 2.27. The number of methoxy groups -OCH3 is 1. The summed E-state index contributed by atoms with van der Waals surface area (Å²) in [5.41, 5.74) is 0.921. The van der Waals surface area contributed by atoms with Crippen molar-refractivity contribution >= 4 is 11.9 Å². The van der Waals surface area contributed by atoms with E-state index in [4.69, 9.17) is 9.47 Å². The summed E-state index contributed by atoms with van der Waals surface area (Å²) in [5, 5.41) is 0. The maximum atomic E-state index is 11.2. The molecule has 0 spiro atoms. The maximum absolute atomic E-state index is 11.2. The van der Waals surface area contributed by atoms with Gasteiger partial charge in [-0.25, -0.2) is 9.59 Å². The lowest BCUT2D eigenvalue weighted by molar-refractivity contribution is -0.139. The van der Waals surface area contributed by atoms with Crippen LogP contribution in [0.5, 0.6) is 5.75 Å². The molecule has 2 rings (SSSR count). The van der Waals surface area contributed by atoms with Gasteiger partial charge in [0.2, 0.25) is 0 Å². The number of rotatable bonds is 4. The van der Waals surface area contributed by atoms with Gasteiger partial charge < -0.3 is 14.2 Å². The lowest BCUT2D eigenvalue weighted by Crippen LogP contribution is -2.17. The van der Waals surface area contributed by atoms with Crippen LogP contribution in [0, 0.1) is 0 Å². The standard InChI is InChI=1S/C14H14O5/c1-9-7-12(19-13(9)15)8-18-11-5-3-10(4-6-11)14(16)17-2/h3-6,12H,1,7-8H2,2H3. The maximum Gasteiger partial charge on any atom is 0.337 e. The van der Waals surface area contributed by atoms with E-state index in [1.54, 1.807) is 24.3 Å². The second-order valence-electron chi connectivity index (χ2n) is 4.16. The number of carbonyl (C=O) groups excluding carboxylic acids is 2. The van der Waals surface area contributed by atoms with Crippen molar-refractivity contribution in [1.29, 1.82) is 0 Å². The van der Waals surface area contributed by atoms with Crippen LogP contribution >= 0.6 is 0 Å². The summed E-state index contributed by atoms with van der Waals surface area (Å²) in [6, 6.07) is 6.55. The number of carbonyl (C=O) groups is 2. The third-order valence-corrected chi connectivity index (χ3v) is 2.75. The fourth-order valence-electron chi connectivity index (χ4n) is 1.72. The Kier molecular flexibility index (Phi) is 3.85. The lowest BCUT2D eigenvalue weighted by atomic mass is 10.2. The van der Waals surface area contributed by atoms with Crippen molar-refractivity contribution in [1.82, 2.24) is 0 Å². The van der Waals surface area contributed by atoms with Crippen molar-refractivity contribution in [3.63, 3.8) is 0 Å². The minimum absolute atomic E-state index is 0.266. The summed E-state index contributed by atoms with van der Waals surface area (Å²) in [6.07, 6.45) is 0.194. The monoisotopic (exact) mass is 262 g/mol. The molecule has 1 aliphatic heterocycles. The molecule has 1 atom stereocenters. The van der Waals surface area contributed by atoms with E-state index in [2.05, 4.69) is 11.3 Å². The minimum Gasteiger partial charge on any atom is -0.490 e. The summed E-state index contributed by atoms with van der Waals surface area (Å²) in [7, 11) is 1.33. The van der Waals surface area contributed by atoms with Crippen LogP contribution < -0.4 is 4.74 Å². The Balaban J connectivity index is 1.88. The average Bonchev–Trinajstić information content (AvgIpc) is 2.75. The number of cyclic esters (lactones) is 1. The van der Waals surface area contributed by atoms with Crippen molar-refractivity contribution in [2.24, 2.45) is 0 Å². The van der Waals surface area contributed by atoms with Crippen LogP contribution in [0.15, 0.2) is 36.4 Å². The van der Waals surface area contributed by atoms with Crippen LogP contribution in [-0.2, 0) is 14.3 Å². The van der Waals surface area contributed by atoms with Crippen molar-refractivity contribution < 1.29 is 23.8 Å². The van der Waals surface area contributed by atoms with Crippen LogP contribution in [0.3, 0.4) is 0 Å². The summed E-state index contributed by atoms with van der Waals surface area (Å²) < 4.78 is 15.1. The first-order chi connectivity index (χ1) is 9.10. The Morgan fingerprint density at radius 1 is 1.42 bits per heavy atom. The van der Waals surface area contributed by atoms with E-state index in [0.717, 1.165) is 0 Å². The Labute approximate surface area is 110 Å². The van der Waals surface area contributed by atoms with Gasteiger partial charge in [-0.3, -0.25) is 0 Å². The Morgan fingerprint density at radius 2 is 2.11 bits per heavy atom. The molecule has 1 fully saturated rings. The second-order valence-corrected chi connectivity index (χ2v) is 4.16. The summed E-state index contributed by atoms with van der Waals surface area (Å²) in [4.78, 5) is 22.4. The van der Waals surface area contributed by atoms with Crippen LogP contribution in [0.4, 0.5) is 0 Å². The van der Waals surface area contributed by atoms with Crippen LogP contribution in [-0.4, -0.2) is 31.8 Å². The molecule has 1 saturated heterocycles. The van der Waals surface area contributed by atoms with E-state index in [1.807, 2.05) is 0 Å². The molecule has 5 nitrogen and oxygen atoms in total. The van der Waals surface area contributed by atoms with E-state index in [-0.39, 0.29) is 18.7 Å². The first kappa shape index (κ1) is 13.1. The number of ether oxygens (including phenoxy) is 3. The predicted octanol–water partition coefficient (Wildman–Crippen LogP) is 1.72. The predicted molar refractivity (Wildman–Crippen MR) is 66.9 cm³/mol. The molecule has 1 heterocycles. The number of esters is 2. The van der Waals surface area contributed by atoms with Gasteiger partial charge in [-0.15, -0.1) is 0 Å². The largest absolute Gasteiger partial charge is 0.490 e. The van der Waals surface area contributed by atoms with Crippen molar-refractivity contribution in [3.05, 3.63) is 42.0 Å². The molecular weight excluding hydrogens is 248 g/mol. The molecule has 0 radical (unpaired) electrons. The smallest absolute Gasteiger partial charge is 0.337 e. The Bertz CT molecular complexity index is 487. The molecule has 0 N–H and O–H groups in total. The molecule has 0 saturated carbocycles. The molecule has 0 amide bonds. The highest BCUT2D eigenvalue weighted by molar-refractivity contribution is 5.90. The van der Waals surface area contributed by atoms with Gasteiger partial charge in [0.15, 0.2) is 0 Å². The van der Waals surface area contributed by atoms with E-state index >= 15 is 0 Å². The number of hydrogen-bond acceptors (Lipinski definition) is 5. The highest BCUT2D eigenvalue weighted by atomic mass is 16.6. The van der Waals surface area contributed by atoms with Gasteiger partial charge in [0, 0.05) is 12.0 Å². The van der Waals surface area contributed by atoms with Crippen LogP contribution in [0.2, 0.25) is 0 Å². The summed E-state index contributed by atoms with van der Waals surface area (Å²) >= 11 is 0. The normalized spacial score (nSPS) is 18.1. The van der Waals surface area contributed by atoms with Crippen LogP contribution in [0.25, 0.3) is 0 Å². The molecule has 1 aliphatic rings. The zero-order valence-electron chi connectivity index (χ0n) is 10.5. The summed E-state index contributed by atoms with van der Waals surface area (Å²) in [5.74, 6) is -0.163. The third kappa shape index (κ3) is 3.13. The fraction of sp³-hybridized carbons (Fsp3) is 0.286. The van der Waals surface area contributed by atoms with Crippen LogP contribution in [0.1, 0.15) is 16.8 Å². The minimum atomic E-state index is -0.396. The Hall–Kier alpha value is -2.30. The quantitative estimate of drug-likeness (QED) is 0.610. The van der Waals surface area contributed by atoms with E-state index in [9.17, 15) is 9.59 Å². The average molecular weight is 262 g/mol. The molecule has 0 aliphatic carbocycles. The van der Waals surface area contributed by atoms with Gasteiger partial charge in [0.05, 0.1) is 12.7 Å². The van der Waals surface area contributed by atoms with Gasteiger partial charge >= 0.3 is 11.9 Å². The first-order valence-corrected chi connectivity index (χ1v) is 5.80. The highest BCUT2D eigenvalue weighted by Crippen LogP contribution is 2.20. The molecule has 19 heavy (non-hydrogen) atoms. The molecule has 1 aromatic carbocycles. The molecule has 1 unspecified atom stereocenters. The van der Waals surface area contributed by atoms with Gasteiger partial charge in [0.1, 0.15) is 18.5 Å². The van der Waals surface area contributed by atoms with E-state index < -0.39 is 5.97 Å². The number of hydrogen-bond donors (Lipinski definition) is 0. The van der Waals surface area contributed by atoms with Crippen molar-refractivity contribution in [2.75, 3.05) is 13.7 Å². The van der Waals surface area contributed by atoms with Gasteiger partial charge in [-0.2, -0.15) is 0 Å². The molecule has 1 aromatic rings. The topological polar surface area (TPSA) is 61.8 Å². The molecule has 0 bridgehead atoms. The number of benzene rings is 1. The summed E-state index contributed by atoms with van der Waals surface area (Å²) in [6.45, 7) is 3.87. The third-order valence-electron chi connectivity index (χ3n) is 2.75.